The van der Waals surface area contributed by atoms with Gasteiger partial charge in [-0.1, -0.05) is 32.9 Å². The van der Waals surface area contributed by atoms with Gasteiger partial charge in [-0.3, -0.25) is 9.55 Å². The number of rotatable bonds is 5. The van der Waals surface area contributed by atoms with Crippen LogP contribution in [-0.4, -0.2) is 32.8 Å². The van der Waals surface area contributed by atoms with Crippen molar-refractivity contribution in [2.24, 2.45) is 0 Å². The predicted molar refractivity (Wildman–Crippen MR) is 127 cm³/mol. The second kappa shape index (κ2) is 10.4. The maximum Gasteiger partial charge on any atom is 0.407 e. The fourth-order valence-corrected chi connectivity index (χ4v) is 3.39. The summed E-state index contributed by atoms with van der Waals surface area (Å²) in [6.45, 7) is 16.2. The summed E-state index contributed by atoms with van der Waals surface area (Å²) in [4.78, 5) is 21.1. The Morgan fingerprint density at radius 3 is 2.32 bits per heavy atom. The Kier molecular flexibility index (Phi) is 8.20. The summed E-state index contributed by atoms with van der Waals surface area (Å²) >= 11 is 0. The number of fused-ring (bicyclic) bond motifs is 1. The summed E-state index contributed by atoms with van der Waals surface area (Å²) in [5, 5.41) is 2.80. The Hall–Kier alpha value is -2.89. The first-order valence-corrected chi connectivity index (χ1v) is 11.1. The first kappa shape index (κ1) is 24.4. The van der Waals surface area contributed by atoms with Crippen molar-refractivity contribution >= 4 is 17.1 Å². The standard InChI is InChI=1S/C23H30N4O2.C2H6/c1-7-20-26-21-16(3)25-15(2)14-19(21)27(20)18-10-8-17(9-11-18)12-13-24-22(28)29-23(4,5)6;1-2/h8-11,14H,7,12-13H2,1-6H3,(H,24,28);1-2H3. The number of hydrogen-bond acceptors (Lipinski definition) is 4. The summed E-state index contributed by atoms with van der Waals surface area (Å²) in [5.41, 5.74) is 5.74. The Morgan fingerprint density at radius 2 is 1.74 bits per heavy atom. The van der Waals surface area contributed by atoms with Crippen LogP contribution >= 0.6 is 0 Å². The summed E-state index contributed by atoms with van der Waals surface area (Å²) < 4.78 is 7.47. The van der Waals surface area contributed by atoms with Crippen LogP contribution in [0.15, 0.2) is 30.3 Å². The molecule has 3 rings (SSSR count). The van der Waals surface area contributed by atoms with Crippen molar-refractivity contribution in [1.29, 1.82) is 0 Å². The number of aromatic nitrogens is 3. The number of carbonyl (C=O) groups is 1. The highest BCUT2D eigenvalue weighted by molar-refractivity contribution is 5.80. The highest BCUT2D eigenvalue weighted by Gasteiger charge is 2.16. The number of aryl methyl sites for hydroxylation is 3. The molecule has 0 unspecified atom stereocenters. The molecule has 6 heteroatoms. The van der Waals surface area contributed by atoms with Gasteiger partial charge in [0.2, 0.25) is 0 Å². The summed E-state index contributed by atoms with van der Waals surface area (Å²) in [5.74, 6) is 1.02. The van der Waals surface area contributed by atoms with E-state index in [0.717, 1.165) is 52.3 Å². The second-order valence-corrected chi connectivity index (χ2v) is 8.28. The highest BCUT2D eigenvalue weighted by Crippen LogP contribution is 2.24. The van der Waals surface area contributed by atoms with E-state index in [4.69, 9.17) is 9.72 Å². The topological polar surface area (TPSA) is 69.0 Å². The Bertz CT molecular complexity index is 1010. The molecule has 0 bridgehead atoms. The van der Waals surface area contributed by atoms with Crippen molar-refractivity contribution in [3.05, 3.63) is 53.1 Å². The van der Waals surface area contributed by atoms with Crippen LogP contribution in [0.1, 0.15) is 64.3 Å². The molecule has 0 aliphatic rings. The maximum absolute atomic E-state index is 11.8. The number of nitrogens with zero attached hydrogens (tertiary/aromatic N) is 3. The van der Waals surface area contributed by atoms with E-state index in [0.29, 0.717) is 6.54 Å². The van der Waals surface area contributed by atoms with Crippen LogP contribution in [-0.2, 0) is 17.6 Å². The lowest BCUT2D eigenvalue weighted by Gasteiger charge is -2.19. The minimum atomic E-state index is -0.484. The number of ether oxygens (including phenoxy) is 1. The quantitative estimate of drug-likeness (QED) is 0.571. The van der Waals surface area contributed by atoms with Crippen molar-refractivity contribution in [3.63, 3.8) is 0 Å². The van der Waals surface area contributed by atoms with Crippen LogP contribution in [0.4, 0.5) is 4.79 Å². The molecular weight excluding hydrogens is 388 g/mol. The zero-order chi connectivity index (χ0) is 23.2. The third kappa shape index (κ3) is 6.29. The van der Waals surface area contributed by atoms with E-state index in [1.54, 1.807) is 0 Å². The first-order chi connectivity index (χ1) is 14.7. The van der Waals surface area contributed by atoms with Gasteiger partial charge in [0.1, 0.15) is 16.9 Å². The van der Waals surface area contributed by atoms with Crippen LogP contribution in [0.25, 0.3) is 16.7 Å². The molecule has 3 aromatic rings. The smallest absolute Gasteiger partial charge is 0.407 e. The number of alkyl carbamates (subject to hydrolysis) is 1. The molecule has 1 N–H and O–H groups in total. The molecular formula is C25H36N4O2. The summed E-state index contributed by atoms with van der Waals surface area (Å²) in [6.07, 6.45) is 1.20. The predicted octanol–water partition coefficient (Wildman–Crippen LogP) is 5.69. The fourth-order valence-electron chi connectivity index (χ4n) is 3.39. The van der Waals surface area contributed by atoms with Crippen LogP contribution in [0.3, 0.4) is 0 Å². The van der Waals surface area contributed by atoms with Gasteiger partial charge >= 0.3 is 6.09 Å². The molecule has 31 heavy (non-hydrogen) atoms. The lowest BCUT2D eigenvalue weighted by Crippen LogP contribution is -2.33. The molecule has 6 nitrogen and oxygen atoms in total. The molecule has 168 valence electrons. The van der Waals surface area contributed by atoms with E-state index >= 15 is 0 Å². The van der Waals surface area contributed by atoms with Gasteiger partial charge in [-0.15, -0.1) is 0 Å². The van der Waals surface area contributed by atoms with E-state index in [1.165, 1.54) is 0 Å². The lowest BCUT2D eigenvalue weighted by molar-refractivity contribution is 0.0528. The van der Waals surface area contributed by atoms with Gasteiger partial charge in [-0.2, -0.15) is 0 Å². The first-order valence-electron chi connectivity index (χ1n) is 11.1. The number of carbonyl (C=O) groups excluding carboxylic acids is 1. The zero-order valence-electron chi connectivity index (χ0n) is 20.2. The van der Waals surface area contributed by atoms with E-state index in [9.17, 15) is 4.79 Å². The normalized spacial score (nSPS) is 11.1. The number of imidazole rings is 1. The third-order valence-electron chi connectivity index (χ3n) is 4.61. The van der Waals surface area contributed by atoms with Crippen molar-refractivity contribution in [2.45, 2.75) is 73.8 Å². The van der Waals surface area contributed by atoms with Gasteiger partial charge in [0.05, 0.1) is 11.2 Å². The molecule has 1 aromatic carbocycles. The number of benzene rings is 1. The van der Waals surface area contributed by atoms with E-state index in [2.05, 4.69) is 52.1 Å². The molecule has 0 saturated carbocycles. The van der Waals surface area contributed by atoms with Crippen LogP contribution in [0, 0.1) is 13.8 Å². The zero-order valence-corrected chi connectivity index (χ0v) is 20.2. The Morgan fingerprint density at radius 1 is 1.10 bits per heavy atom. The van der Waals surface area contributed by atoms with Crippen molar-refractivity contribution < 1.29 is 9.53 Å². The Balaban J connectivity index is 0.00000166. The van der Waals surface area contributed by atoms with Gasteiger partial charge in [0.15, 0.2) is 0 Å². The van der Waals surface area contributed by atoms with E-state index in [-0.39, 0.29) is 6.09 Å². The molecule has 0 aliphatic heterocycles. The molecule has 0 fully saturated rings. The molecule has 1 amide bonds. The molecule has 2 heterocycles. The average molecular weight is 425 g/mol. The molecule has 0 aliphatic carbocycles. The van der Waals surface area contributed by atoms with Crippen LogP contribution in [0.2, 0.25) is 0 Å². The van der Waals surface area contributed by atoms with Crippen molar-refractivity contribution in [3.8, 4) is 5.69 Å². The van der Waals surface area contributed by atoms with Crippen LogP contribution in [0.5, 0.6) is 0 Å². The second-order valence-electron chi connectivity index (χ2n) is 8.28. The Labute approximate surface area is 186 Å². The minimum absolute atomic E-state index is 0.383. The number of nitrogens with one attached hydrogen (secondary N) is 1. The highest BCUT2D eigenvalue weighted by atomic mass is 16.6. The number of hydrogen-bond donors (Lipinski definition) is 1. The SMILES string of the molecule is CC.CCc1nc2c(C)nc(C)cc2n1-c1ccc(CCNC(=O)OC(C)(C)C)cc1. The molecule has 0 radical (unpaired) electrons. The monoisotopic (exact) mass is 424 g/mol. The molecule has 2 aromatic heterocycles. The number of amides is 1. The van der Waals surface area contributed by atoms with Gasteiger partial charge in [-0.05, 0) is 64.8 Å². The van der Waals surface area contributed by atoms with Gasteiger partial charge < -0.3 is 10.1 Å². The molecule has 0 saturated heterocycles. The number of pyridine rings is 1. The molecule has 0 atom stereocenters. The summed E-state index contributed by atoms with van der Waals surface area (Å²) in [7, 11) is 0. The van der Waals surface area contributed by atoms with E-state index < -0.39 is 5.60 Å². The average Bonchev–Trinajstić information content (AvgIpc) is 3.07. The molecule has 0 spiro atoms. The van der Waals surface area contributed by atoms with Crippen molar-refractivity contribution in [1.82, 2.24) is 19.9 Å². The lowest BCUT2D eigenvalue weighted by atomic mass is 10.1. The van der Waals surface area contributed by atoms with E-state index in [1.807, 2.05) is 48.5 Å². The van der Waals surface area contributed by atoms with Crippen LogP contribution < -0.4 is 5.32 Å². The van der Waals surface area contributed by atoms with Gasteiger partial charge in [0, 0.05) is 24.3 Å². The van der Waals surface area contributed by atoms with Gasteiger partial charge in [0.25, 0.3) is 0 Å². The largest absolute Gasteiger partial charge is 0.444 e. The van der Waals surface area contributed by atoms with Gasteiger partial charge in [-0.25, -0.2) is 9.78 Å². The summed E-state index contributed by atoms with van der Waals surface area (Å²) in [6, 6.07) is 10.5. The minimum Gasteiger partial charge on any atom is -0.444 e. The van der Waals surface area contributed by atoms with Crippen molar-refractivity contribution in [2.75, 3.05) is 6.54 Å². The third-order valence-corrected chi connectivity index (χ3v) is 4.61. The maximum atomic E-state index is 11.8. The fraction of sp³-hybridized carbons (Fsp3) is 0.480.